The van der Waals surface area contributed by atoms with Crippen molar-refractivity contribution in [3.8, 4) is 0 Å². The van der Waals surface area contributed by atoms with Gasteiger partial charge in [-0.2, -0.15) is 11.8 Å². The van der Waals surface area contributed by atoms with E-state index in [-0.39, 0.29) is 10.9 Å². The third-order valence-electron chi connectivity index (χ3n) is 4.85. The number of thioether (sulfide) groups is 1. The zero-order valence-corrected chi connectivity index (χ0v) is 17.9. The minimum absolute atomic E-state index is 0.263. The summed E-state index contributed by atoms with van der Waals surface area (Å²) in [6.07, 6.45) is 2.22. The van der Waals surface area contributed by atoms with Gasteiger partial charge in [0.1, 0.15) is 5.82 Å². The number of rotatable bonds is 4. The SMILES string of the molecule is CCNC(=NCc1ccc(N2CCOC(C)C2)nc1)N1CCSC(C)(C)C1. The van der Waals surface area contributed by atoms with Crippen LogP contribution in [0.15, 0.2) is 23.3 Å². The van der Waals surface area contributed by atoms with Gasteiger partial charge in [0.05, 0.1) is 19.3 Å². The number of hydrogen-bond acceptors (Lipinski definition) is 5. The lowest BCUT2D eigenvalue weighted by Gasteiger charge is -2.39. The van der Waals surface area contributed by atoms with Crippen molar-refractivity contribution in [3.05, 3.63) is 23.9 Å². The van der Waals surface area contributed by atoms with Gasteiger partial charge in [0.25, 0.3) is 0 Å². The Kier molecular flexibility index (Phi) is 6.87. The van der Waals surface area contributed by atoms with Crippen LogP contribution >= 0.6 is 11.8 Å². The zero-order chi connectivity index (χ0) is 19.3. The second kappa shape index (κ2) is 9.15. The van der Waals surface area contributed by atoms with E-state index in [2.05, 4.69) is 59.9 Å². The molecule has 6 nitrogen and oxygen atoms in total. The minimum Gasteiger partial charge on any atom is -0.375 e. The molecule has 7 heteroatoms. The molecule has 0 spiro atoms. The molecule has 0 saturated carbocycles. The Balaban J connectivity index is 1.63. The van der Waals surface area contributed by atoms with Gasteiger partial charge >= 0.3 is 0 Å². The summed E-state index contributed by atoms with van der Waals surface area (Å²) in [6.45, 7) is 15.0. The van der Waals surface area contributed by atoms with Gasteiger partial charge in [0.2, 0.25) is 0 Å². The smallest absolute Gasteiger partial charge is 0.194 e. The Morgan fingerprint density at radius 2 is 2.26 bits per heavy atom. The monoisotopic (exact) mass is 391 g/mol. The molecule has 3 rings (SSSR count). The van der Waals surface area contributed by atoms with Crippen LogP contribution in [0.2, 0.25) is 0 Å². The molecular formula is C20H33N5OS. The van der Waals surface area contributed by atoms with Crippen molar-refractivity contribution in [3.63, 3.8) is 0 Å². The average molecular weight is 392 g/mol. The lowest BCUT2D eigenvalue weighted by atomic mass is 10.2. The standard InChI is InChI=1S/C20H33N5OS/c1-5-21-19(25-9-11-27-20(3,4)15-25)23-13-17-6-7-18(22-12-17)24-8-10-26-16(2)14-24/h6-7,12,16H,5,8-11,13-15H2,1-4H3,(H,21,23). The van der Waals surface area contributed by atoms with E-state index >= 15 is 0 Å². The highest BCUT2D eigenvalue weighted by Gasteiger charge is 2.28. The Bertz CT molecular complexity index is 634. The van der Waals surface area contributed by atoms with Crippen molar-refractivity contribution < 1.29 is 4.74 Å². The van der Waals surface area contributed by atoms with Gasteiger partial charge in [0, 0.05) is 49.4 Å². The highest BCUT2D eigenvalue weighted by atomic mass is 32.2. The molecule has 1 aromatic rings. The second-order valence-corrected chi connectivity index (χ2v) is 9.65. The third-order valence-corrected chi connectivity index (χ3v) is 6.14. The molecule has 0 bridgehead atoms. The Morgan fingerprint density at radius 1 is 1.41 bits per heavy atom. The first-order valence-corrected chi connectivity index (χ1v) is 10.9. The van der Waals surface area contributed by atoms with Crippen LogP contribution in [0, 0.1) is 0 Å². The topological polar surface area (TPSA) is 53.0 Å². The highest BCUT2D eigenvalue weighted by molar-refractivity contribution is 8.00. The van der Waals surface area contributed by atoms with Crippen molar-refractivity contribution in [1.29, 1.82) is 0 Å². The molecule has 2 saturated heterocycles. The Hall–Kier alpha value is -1.47. The molecule has 0 amide bonds. The molecule has 1 unspecified atom stereocenters. The van der Waals surface area contributed by atoms with Gasteiger partial charge in [-0.05, 0) is 39.3 Å². The van der Waals surface area contributed by atoms with Crippen LogP contribution in [0.5, 0.6) is 0 Å². The van der Waals surface area contributed by atoms with Gasteiger partial charge in [-0.15, -0.1) is 0 Å². The van der Waals surface area contributed by atoms with Gasteiger partial charge in [-0.1, -0.05) is 6.07 Å². The van der Waals surface area contributed by atoms with Crippen LogP contribution in [0.4, 0.5) is 5.82 Å². The summed E-state index contributed by atoms with van der Waals surface area (Å²) in [7, 11) is 0. The Labute approximate surface area is 167 Å². The number of hydrogen-bond donors (Lipinski definition) is 1. The molecule has 150 valence electrons. The summed E-state index contributed by atoms with van der Waals surface area (Å²) in [5.41, 5.74) is 1.14. The van der Waals surface area contributed by atoms with Crippen LogP contribution in [0.1, 0.15) is 33.3 Å². The maximum atomic E-state index is 5.61. The fraction of sp³-hybridized carbons (Fsp3) is 0.700. The number of anilines is 1. The quantitative estimate of drug-likeness (QED) is 0.629. The predicted octanol–water partition coefficient (Wildman–Crippen LogP) is 2.60. The molecule has 0 aromatic carbocycles. The van der Waals surface area contributed by atoms with Crippen LogP contribution in [-0.4, -0.2) is 71.8 Å². The van der Waals surface area contributed by atoms with E-state index in [9.17, 15) is 0 Å². The van der Waals surface area contributed by atoms with E-state index in [4.69, 9.17) is 9.73 Å². The number of pyridine rings is 1. The second-order valence-electron chi connectivity index (χ2n) is 7.85. The lowest BCUT2D eigenvalue weighted by Crippen LogP contribution is -2.50. The summed E-state index contributed by atoms with van der Waals surface area (Å²) in [5, 5.41) is 3.45. The lowest BCUT2D eigenvalue weighted by molar-refractivity contribution is 0.0529. The van der Waals surface area contributed by atoms with Crippen molar-refractivity contribution >= 4 is 23.5 Å². The number of guanidine groups is 1. The van der Waals surface area contributed by atoms with Gasteiger partial charge in [-0.3, -0.25) is 0 Å². The molecular weight excluding hydrogens is 358 g/mol. The molecule has 1 atom stereocenters. The predicted molar refractivity (Wildman–Crippen MR) is 115 cm³/mol. The number of nitrogens with zero attached hydrogens (tertiary/aromatic N) is 4. The first kappa shape index (κ1) is 20.3. The normalized spacial score (nSPS) is 23.4. The molecule has 27 heavy (non-hydrogen) atoms. The number of aromatic nitrogens is 1. The first-order valence-electron chi connectivity index (χ1n) is 9.95. The van der Waals surface area contributed by atoms with Crippen LogP contribution in [-0.2, 0) is 11.3 Å². The van der Waals surface area contributed by atoms with Crippen molar-refractivity contribution in [2.75, 3.05) is 50.0 Å². The fourth-order valence-electron chi connectivity index (χ4n) is 3.51. The molecule has 2 aliphatic rings. The molecule has 0 aliphatic carbocycles. The summed E-state index contributed by atoms with van der Waals surface area (Å²) >= 11 is 2.04. The van der Waals surface area contributed by atoms with Gasteiger partial charge < -0.3 is 19.9 Å². The highest BCUT2D eigenvalue weighted by Crippen LogP contribution is 2.29. The first-order chi connectivity index (χ1) is 13.0. The van der Waals surface area contributed by atoms with E-state index in [1.165, 1.54) is 0 Å². The van der Waals surface area contributed by atoms with E-state index in [1.54, 1.807) is 0 Å². The van der Waals surface area contributed by atoms with Crippen LogP contribution in [0.25, 0.3) is 0 Å². The average Bonchev–Trinajstić information content (AvgIpc) is 2.65. The number of nitrogens with one attached hydrogen (secondary N) is 1. The molecule has 1 aromatic heterocycles. The van der Waals surface area contributed by atoms with E-state index < -0.39 is 0 Å². The van der Waals surface area contributed by atoms with Crippen molar-refractivity contribution in [2.45, 2.75) is 45.1 Å². The molecule has 2 fully saturated rings. The van der Waals surface area contributed by atoms with E-state index in [0.29, 0.717) is 6.54 Å². The fourth-order valence-corrected chi connectivity index (χ4v) is 4.62. The zero-order valence-electron chi connectivity index (χ0n) is 17.1. The van der Waals surface area contributed by atoms with Crippen molar-refractivity contribution in [2.24, 2.45) is 4.99 Å². The number of ether oxygens (including phenoxy) is 1. The van der Waals surface area contributed by atoms with Gasteiger partial charge in [0.15, 0.2) is 5.96 Å². The summed E-state index contributed by atoms with van der Waals surface area (Å²) in [4.78, 5) is 14.2. The summed E-state index contributed by atoms with van der Waals surface area (Å²) < 4.78 is 5.88. The van der Waals surface area contributed by atoms with E-state index in [0.717, 1.165) is 62.4 Å². The molecule has 0 radical (unpaired) electrons. The molecule has 2 aliphatic heterocycles. The van der Waals surface area contributed by atoms with Crippen LogP contribution < -0.4 is 10.2 Å². The summed E-state index contributed by atoms with van der Waals surface area (Å²) in [6, 6.07) is 4.25. The Morgan fingerprint density at radius 3 is 2.93 bits per heavy atom. The van der Waals surface area contributed by atoms with E-state index in [1.807, 2.05) is 18.0 Å². The number of morpholine rings is 1. The van der Waals surface area contributed by atoms with Crippen LogP contribution in [0.3, 0.4) is 0 Å². The third kappa shape index (κ3) is 5.75. The number of aliphatic imine (C=N–C) groups is 1. The van der Waals surface area contributed by atoms with Crippen molar-refractivity contribution in [1.82, 2.24) is 15.2 Å². The minimum atomic E-state index is 0.263. The maximum Gasteiger partial charge on any atom is 0.194 e. The molecule has 3 heterocycles. The maximum absolute atomic E-state index is 5.61. The van der Waals surface area contributed by atoms with Gasteiger partial charge in [-0.25, -0.2) is 9.98 Å². The largest absolute Gasteiger partial charge is 0.375 e. The summed E-state index contributed by atoms with van der Waals surface area (Å²) in [5.74, 6) is 3.18. The molecule has 1 N–H and O–H groups in total.